The summed E-state index contributed by atoms with van der Waals surface area (Å²) < 4.78 is 0. The fraction of sp³-hybridized carbons (Fsp3) is 0.619. The highest BCUT2D eigenvalue weighted by molar-refractivity contribution is 5.90. The number of amides is 2. The molecule has 0 saturated carbocycles. The first-order valence-corrected chi connectivity index (χ1v) is 10.0. The molecule has 1 atom stereocenters. The number of nitrogens with zero attached hydrogens (tertiary/aromatic N) is 2. The topological polar surface area (TPSA) is 52.7 Å². The average molecular weight is 362 g/mol. The number of piperazine rings is 1. The van der Waals surface area contributed by atoms with E-state index in [0.29, 0.717) is 26.1 Å². The molecule has 2 fully saturated rings. The predicted octanol–water partition coefficient (Wildman–Crippen LogP) is 3.05. The van der Waals surface area contributed by atoms with Crippen molar-refractivity contribution in [2.75, 3.05) is 26.2 Å². The lowest BCUT2D eigenvalue weighted by Crippen LogP contribution is -2.65. The van der Waals surface area contributed by atoms with E-state index in [1.165, 1.54) is 5.56 Å². The van der Waals surface area contributed by atoms with Crippen molar-refractivity contribution in [3.05, 3.63) is 35.9 Å². The Morgan fingerprint density at radius 1 is 1.12 bits per heavy atom. The monoisotopic (exact) mass is 361 g/mol. The first-order chi connectivity index (χ1) is 12.7. The van der Waals surface area contributed by atoms with Crippen LogP contribution in [0.1, 0.15) is 53.0 Å². The van der Waals surface area contributed by atoms with Crippen LogP contribution in [0.2, 0.25) is 0 Å². The van der Waals surface area contributed by atoms with E-state index in [9.17, 15) is 9.59 Å². The van der Waals surface area contributed by atoms with Crippen molar-refractivity contribution in [1.29, 1.82) is 0 Å². The number of benzene rings is 1. The number of hydrogen-bond acceptors (Lipinski definition) is 3. The van der Waals surface area contributed by atoms with Crippen LogP contribution in [0.4, 0.5) is 0 Å². The van der Waals surface area contributed by atoms with Crippen molar-refractivity contribution in [3.63, 3.8) is 0 Å². The molecule has 1 spiro atoms. The lowest BCUT2D eigenvalue weighted by Gasteiger charge is -2.47. The number of carbonyl (C=O) groups excluding carboxylic acids is 2. The molecular formula is C21H35N3O2. The van der Waals surface area contributed by atoms with Crippen LogP contribution in [0.25, 0.3) is 0 Å². The molecule has 1 aromatic carbocycles. The van der Waals surface area contributed by atoms with Gasteiger partial charge in [-0.1, -0.05) is 65.0 Å². The minimum atomic E-state index is -0.557. The van der Waals surface area contributed by atoms with Gasteiger partial charge in [0.1, 0.15) is 5.54 Å². The Kier molecular flexibility index (Phi) is 9.35. The first-order valence-electron chi connectivity index (χ1n) is 10.0. The van der Waals surface area contributed by atoms with E-state index >= 15 is 0 Å². The van der Waals surface area contributed by atoms with Gasteiger partial charge in [-0.05, 0) is 12.0 Å². The van der Waals surface area contributed by atoms with Crippen LogP contribution >= 0.6 is 0 Å². The van der Waals surface area contributed by atoms with Gasteiger partial charge in [0.2, 0.25) is 11.8 Å². The van der Waals surface area contributed by atoms with Crippen LogP contribution in [0.15, 0.2) is 30.3 Å². The van der Waals surface area contributed by atoms with E-state index in [2.05, 4.69) is 22.3 Å². The summed E-state index contributed by atoms with van der Waals surface area (Å²) in [6.45, 7) is 13.3. The molecule has 2 heterocycles. The minimum absolute atomic E-state index is 0.0667. The number of hydrogen-bond donors (Lipinski definition) is 1. The molecule has 26 heavy (non-hydrogen) atoms. The molecule has 1 unspecified atom stereocenters. The molecule has 0 aromatic heterocycles. The van der Waals surface area contributed by atoms with E-state index in [1.54, 1.807) is 0 Å². The predicted molar refractivity (Wildman–Crippen MR) is 107 cm³/mol. The normalized spacial score (nSPS) is 22.0. The van der Waals surface area contributed by atoms with Crippen LogP contribution in [0.3, 0.4) is 0 Å². The Morgan fingerprint density at radius 2 is 1.77 bits per heavy atom. The molecule has 2 saturated heterocycles. The lowest BCUT2D eigenvalue weighted by molar-refractivity contribution is -0.143. The molecule has 5 heteroatoms. The number of carbonyl (C=O) groups is 2. The standard InChI is InChI=1S/C17H23N3O2.2C2H6/c1-2-15(21)19-10-11-20(12-14-6-4-3-5-7-14)17(13-19)8-9-18-16(17)22;2*1-2/h3-7H,2,8-13H2,1H3,(H,18,22);2*1-2H3. The van der Waals surface area contributed by atoms with Gasteiger partial charge in [-0.3, -0.25) is 14.5 Å². The van der Waals surface area contributed by atoms with Crippen LogP contribution < -0.4 is 5.32 Å². The SMILES string of the molecule is CC.CC.CCC(=O)N1CCN(Cc2ccccc2)C2(CCNC2=O)C1. The highest BCUT2D eigenvalue weighted by atomic mass is 16.2. The Balaban J connectivity index is 0.000000791. The fourth-order valence-corrected chi connectivity index (χ4v) is 3.53. The molecule has 0 bridgehead atoms. The zero-order valence-electron chi connectivity index (χ0n) is 17.0. The fourth-order valence-electron chi connectivity index (χ4n) is 3.53. The Bertz CT molecular complexity index is 562. The molecule has 1 aromatic rings. The first kappa shape index (κ1) is 22.2. The summed E-state index contributed by atoms with van der Waals surface area (Å²) in [5.41, 5.74) is 0.649. The molecular weight excluding hydrogens is 326 g/mol. The summed E-state index contributed by atoms with van der Waals surface area (Å²) in [5.74, 6) is 0.204. The van der Waals surface area contributed by atoms with Gasteiger partial charge in [0.15, 0.2) is 0 Å². The molecule has 3 rings (SSSR count). The van der Waals surface area contributed by atoms with Crippen molar-refractivity contribution in [2.24, 2.45) is 0 Å². The van der Waals surface area contributed by atoms with Crippen LogP contribution in [-0.2, 0) is 16.1 Å². The Hall–Kier alpha value is -1.88. The average Bonchev–Trinajstić information content (AvgIpc) is 3.07. The van der Waals surface area contributed by atoms with Gasteiger partial charge >= 0.3 is 0 Å². The lowest BCUT2D eigenvalue weighted by atomic mass is 9.91. The van der Waals surface area contributed by atoms with Gasteiger partial charge < -0.3 is 10.2 Å². The molecule has 0 radical (unpaired) electrons. The van der Waals surface area contributed by atoms with Gasteiger partial charge in [-0.2, -0.15) is 0 Å². The highest BCUT2D eigenvalue weighted by Crippen LogP contribution is 2.30. The molecule has 2 aliphatic rings. The summed E-state index contributed by atoms with van der Waals surface area (Å²) in [5, 5.41) is 2.95. The number of rotatable bonds is 3. The maximum absolute atomic E-state index is 12.5. The van der Waals surface area contributed by atoms with Crippen molar-refractivity contribution >= 4 is 11.8 Å². The van der Waals surface area contributed by atoms with E-state index in [4.69, 9.17) is 0 Å². The molecule has 2 amide bonds. The van der Waals surface area contributed by atoms with Crippen LogP contribution in [-0.4, -0.2) is 53.3 Å². The second-order valence-electron chi connectivity index (χ2n) is 6.11. The maximum atomic E-state index is 12.5. The second kappa shape index (κ2) is 11.0. The highest BCUT2D eigenvalue weighted by Gasteiger charge is 2.51. The second-order valence-corrected chi connectivity index (χ2v) is 6.11. The summed E-state index contributed by atoms with van der Waals surface area (Å²) >= 11 is 0. The summed E-state index contributed by atoms with van der Waals surface area (Å²) in [6.07, 6.45) is 1.27. The van der Waals surface area contributed by atoms with Gasteiger partial charge in [0.05, 0.1) is 0 Å². The molecule has 5 nitrogen and oxygen atoms in total. The third kappa shape index (κ3) is 4.85. The van der Waals surface area contributed by atoms with Gasteiger partial charge in [0.25, 0.3) is 0 Å². The third-order valence-corrected chi connectivity index (χ3v) is 4.82. The van der Waals surface area contributed by atoms with E-state index in [1.807, 2.05) is 57.7 Å². The van der Waals surface area contributed by atoms with E-state index < -0.39 is 5.54 Å². The van der Waals surface area contributed by atoms with Crippen LogP contribution in [0, 0.1) is 0 Å². The number of nitrogens with one attached hydrogen (secondary N) is 1. The van der Waals surface area contributed by atoms with Crippen molar-refractivity contribution in [1.82, 2.24) is 15.1 Å². The minimum Gasteiger partial charge on any atom is -0.354 e. The molecule has 2 aliphatic heterocycles. The van der Waals surface area contributed by atoms with Crippen molar-refractivity contribution in [2.45, 2.75) is 59.5 Å². The summed E-state index contributed by atoms with van der Waals surface area (Å²) in [6, 6.07) is 10.2. The Labute approximate surface area is 158 Å². The quantitative estimate of drug-likeness (QED) is 0.900. The Morgan fingerprint density at radius 3 is 2.31 bits per heavy atom. The molecule has 1 N–H and O–H groups in total. The zero-order valence-corrected chi connectivity index (χ0v) is 17.0. The summed E-state index contributed by atoms with van der Waals surface area (Å²) in [4.78, 5) is 28.7. The maximum Gasteiger partial charge on any atom is 0.242 e. The van der Waals surface area contributed by atoms with Gasteiger partial charge in [-0.15, -0.1) is 0 Å². The van der Waals surface area contributed by atoms with Crippen molar-refractivity contribution < 1.29 is 9.59 Å². The summed E-state index contributed by atoms with van der Waals surface area (Å²) in [7, 11) is 0. The van der Waals surface area contributed by atoms with Gasteiger partial charge in [0, 0.05) is 39.1 Å². The largest absolute Gasteiger partial charge is 0.354 e. The van der Waals surface area contributed by atoms with Crippen LogP contribution in [0.5, 0.6) is 0 Å². The van der Waals surface area contributed by atoms with Gasteiger partial charge in [-0.25, -0.2) is 0 Å². The van der Waals surface area contributed by atoms with E-state index in [0.717, 1.165) is 19.5 Å². The van der Waals surface area contributed by atoms with E-state index in [-0.39, 0.29) is 11.8 Å². The smallest absolute Gasteiger partial charge is 0.242 e. The molecule has 0 aliphatic carbocycles. The molecule has 146 valence electrons. The van der Waals surface area contributed by atoms with Crippen molar-refractivity contribution in [3.8, 4) is 0 Å². The third-order valence-electron chi connectivity index (χ3n) is 4.82. The zero-order chi connectivity index (χ0) is 19.6.